The predicted molar refractivity (Wildman–Crippen MR) is 33.9 cm³/mol. The summed E-state index contributed by atoms with van der Waals surface area (Å²) in [4.78, 5) is 9.73. The molecule has 0 aromatic heterocycles. The van der Waals surface area contributed by atoms with Gasteiger partial charge in [0.05, 0.1) is 6.61 Å². The van der Waals surface area contributed by atoms with E-state index in [-0.39, 0.29) is 0 Å². The molecule has 1 atom stereocenters. The number of carbonyl (C=O) groups excluding carboxylic acids is 1. The second-order valence-corrected chi connectivity index (χ2v) is 2.74. The summed E-state index contributed by atoms with van der Waals surface area (Å²) in [7, 11) is 0. The minimum Gasteiger partial charge on any atom is -0.468 e. The lowest BCUT2D eigenvalue weighted by Crippen LogP contribution is -2.06. The molecule has 1 rings (SSSR count). The maximum absolute atomic E-state index is 9.73. The van der Waals surface area contributed by atoms with Crippen molar-refractivity contribution in [3.05, 3.63) is 0 Å². The zero-order valence-corrected chi connectivity index (χ0v) is 5.67. The van der Waals surface area contributed by atoms with Gasteiger partial charge in [-0.05, 0) is 24.7 Å². The first-order chi connectivity index (χ1) is 4.34. The third-order valence-electron chi connectivity index (χ3n) is 1.85. The zero-order valence-electron chi connectivity index (χ0n) is 5.67. The van der Waals surface area contributed by atoms with Crippen LogP contribution in [0.5, 0.6) is 0 Å². The van der Waals surface area contributed by atoms with Crippen molar-refractivity contribution in [2.45, 2.75) is 19.8 Å². The highest BCUT2D eigenvalue weighted by atomic mass is 16.5. The fraction of sp³-hybridized carbons (Fsp3) is 0.857. The standard InChI is InChI=1S/C7H12O2/c1-6(4-9-5-8)7-2-3-7/h5-7H,2-4H2,1H3. The fourth-order valence-corrected chi connectivity index (χ4v) is 0.992. The highest BCUT2D eigenvalue weighted by molar-refractivity contribution is 5.36. The molecule has 1 unspecified atom stereocenters. The van der Waals surface area contributed by atoms with Gasteiger partial charge in [0.15, 0.2) is 0 Å². The lowest BCUT2D eigenvalue weighted by atomic mass is 10.1. The van der Waals surface area contributed by atoms with Crippen LogP contribution >= 0.6 is 0 Å². The van der Waals surface area contributed by atoms with Gasteiger partial charge in [-0.25, -0.2) is 0 Å². The van der Waals surface area contributed by atoms with E-state index in [4.69, 9.17) is 0 Å². The molecule has 1 saturated carbocycles. The Morgan fingerprint density at radius 3 is 2.89 bits per heavy atom. The lowest BCUT2D eigenvalue weighted by molar-refractivity contribution is -0.129. The molecule has 9 heavy (non-hydrogen) atoms. The van der Waals surface area contributed by atoms with Crippen LogP contribution in [0.2, 0.25) is 0 Å². The molecule has 0 bridgehead atoms. The van der Waals surface area contributed by atoms with E-state index >= 15 is 0 Å². The molecule has 0 aromatic carbocycles. The van der Waals surface area contributed by atoms with Crippen LogP contribution in [0.3, 0.4) is 0 Å². The van der Waals surface area contributed by atoms with Gasteiger partial charge in [-0.1, -0.05) is 6.92 Å². The average molecular weight is 128 g/mol. The van der Waals surface area contributed by atoms with Crippen LogP contribution in [0.25, 0.3) is 0 Å². The molecule has 2 nitrogen and oxygen atoms in total. The molecule has 52 valence electrons. The smallest absolute Gasteiger partial charge is 0.293 e. The van der Waals surface area contributed by atoms with Crippen molar-refractivity contribution >= 4 is 6.47 Å². The monoisotopic (exact) mass is 128 g/mol. The van der Waals surface area contributed by atoms with E-state index in [0.29, 0.717) is 19.0 Å². The molecule has 1 aliphatic carbocycles. The Labute approximate surface area is 55.2 Å². The van der Waals surface area contributed by atoms with E-state index in [0.717, 1.165) is 5.92 Å². The van der Waals surface area contributed by atoms with Gasteiger partial charge < -0.3 is 4.74 Å². The highest BCUT2D eigenvalue weighted by Gasteiger charge is 2.27. The van der Waals surface area contributed by atoms with Crippen LogP contribution in [-0.4, -0.2) is 13.1 Å². The largest absolute Gasteiger partial charge is 0.468 e. The zero-order chi connectivity index (χ0) is 6.69. The van der Waals surface area contributed by atoms with E-state index in [9.17, 15) is 4.79 Å². The van der Waals surface area contributed by atoms with Crippen LogP contribution in [0.4, 0.5) is 0 Å². The molecule has 2 heteroatoms. The fourth-order valence-electron chi connectivity index (χ4n) is 0.992. The Kier molecular flexibility index (Phi) is 2.09. The summed E-state index contributed by atoms with van der Waals surface area (Å²) in [5.41, 5.74) is 0. The maximum atomic E-state index is 9.73. The van der Waals surface area contributed by atoms with Crippen molar-refractivity contribution in [3.63, 3.8) is 0 Å². The molecule has 0 aliphatic heterocycles. The number of carbonyl (C=O) groups is 1. The minimum atomic E-state index is 0.527. The van der Waals surface area contributed by atoms with E-state index in [2.05, 4.69) is 11.7 Å². The summed E-state index contributed by atoms with van der Waals surface area (Å²) in [6, 6.07) is 0. The molecule has 0 heterocycles. The number of hydrogen-bond donors (Lipinski definition) is 0. The number of ether oxygens (including phenoxy) is 1. The summed E-state index contributed by atoms with van der Waals surface area (Å²) in [5.74, 6) is 1.42. The van der Waals surface area contributed by atoms with Gasteiger partial charge in [0.1, 0.15) is 0 Å². The Morgan fingerprint density at radius 2 is 2.44 bits per heavy atom. The maximum Gasteiger partial charge on any atom is 0.293 e. The molecular weight excluding hydrogens is 116 g/mol. The third kappa shape index (κ3) is 2.04. The van der Waals surface area contributed by atoms with Crippen LogP contribution in [0, 0.1) is 11.8 Å². The highest BCUT2D eigenvalue weighted by Crippen LogP contribution is 2.36. The number of rotatable bonds is 4. The van der Waals surface area contributed by atoms with Gasteiger partial charge >= 0.3 is 0 Å². The van der Waals surface area contributed by atoms with E-state index in [1.165, 1.54) is 12.8 Å². The summed E-state index contributed by atoms with van der Waals surface area (Å²) < 4.78 is 4.62. The SMILES string of the molecule is CC(COC=O)C1CC1. The minimum absolute atomic E-state index is 0.527. The Bertz CT molecular complexity index is 97.1. The Balaban J connectivity index is 2.02. The van der Waals surface area contributed by atoms with Crippen molar-refractivity contribution in [2.24, 2.45) is 11.8 Å². The topological polar surface area (TPSA) is 26.3 Å². The van der Waals surface area contributed by atoms with Crippen LogP contribution in [0.15, 0.2) is 0 Å². The van der Waals surface area contributed by atoms with Gasteiger partial charge in [-0.15, -0.1) is 0 Å². The molecular formula is C7H12O2. The van der Waals surface area contributed by atoms with Crippen molar-refractivity contribution in [1.29, 1.82) is 0 Å². The van der Waals surface area contributed by atoms with E-state index in [1.54, 1.807) is 0 Å². The van der Waals surface area contributed by atoms with Gasteiger partial charge in [-0.3, -0.25) is 4.79 Å². The summed E-state index contributed by atoms with van der Waals surface area (Å²) in [6.45, 7) is 3.26. The van der Waals surface area contributed by atoms with Gasteiger partial charge in [-0.2, -0.15) is 0 Å². The number of hydrogen-bond acceptors (Lipinski definition) is 2. The van der Waals surface area contributed by atoms with Gasteiger partial charge in [0.2, 0.25) is 0 Å². The summed E-state index contributed by atoms with van der Waals surface area (Å²) in [6.07, 6.45) is 2.65. The molecule has 0 N–H and O–H groups in total. The third-order valence-corrected chi connectivity index (χ3v) is 1.85. The predicted octanol–water partition coefficient (Wildman–Crippen LogP) is 1.21. The molecule has 1 aliphatic rings. The Hall–Kier alpha value is -0.530. The van der Waals surface area contributed by atoms with Crippen molar-refractivity contribution in [3.8, 4) is 0 Å². The molecule has 0 radical (unpaired) electrons. The van der Waals surface area contributed by atoms with Crippen LogP contribution in [0.1, 0.15) is 19.8 Å². The second-order valence-electron chi connectivity index (χ2n) is 2.74. The first kappa shape index (κ1) is 6.59. The molecule has 1 fully saturated rings. The quantitative estimate of drug-likeness (QED) is 0.532. The molecule has 0 saturated heterocycles. The van der Waals surface area contributed by atoms with Crippen LogP contribution < -0.4 is 0 Å². The first-order valence-electron chi connectivity index (χ1n) is 3.40. The molecule has 0 amide bonds. The molecule has 0 spiro atoms. The molecule has 0 aromatic rings. The second kappa shape index (κ2) is 2.85. The lowest BCUT2D eigenvalue weighted by Gasteiger charge is -2.05. The van der Waals surface area contributed by atoms with E-state index < -0.39 is 0 Å². The normalized spacial score (nSPS) is 21.0. The van der Waals surface area contributed by atoms with E-state index in [1.807, 2.05) is 0 Å². The summed E-state index contributed by atoms with van der Waals surface area (Å²) >= 11 is 0. The van der Waals surface area contributed by atoms with Gasteiger partial charge in [0.25, 0.3) is 6.47 Å². The van der Waals surface area contributed by atoms with Crippen molar-refractivity contribution < 1.29 is 9.53 Å². The Morgan fingerprint density at radius 1 is 1.78 bits per heavy atom. The van der Waals surface area contributed by atoms with Gasteiger partial charge in [0, 0.05) is 0 Å². The van der Waals surface area contributed by atoms with Crippen LogP contribution in [-0.2, 0) is 9.53 Å². The van der Waals surface area contributed by atoms with Crippen molar-refractivity contribution in [2.75, 3.05) is 6.61 Å². The summed E-state index contributed by atoms with van der Waals surface area (Å²) in [5, 5.41) is 0. The average Bonchev–Trinajstić information content (AvgIpc) is 2.63. The first-order valence-corrected chi connectivity index (χ1v) is 3.40. The van der Waals surface area contributed by atoms with Crippen molar-refractivity contribution in [1.82, 2.24) is 0 Å².